The summed E-state index contributed by atoms with van der Waals surface area (Å²) in [5, 5.41) is 3.27. The van der Waals surface area contributed by atoms with Gasteiger partial charge >= 0.3 is 0 Å². The molecule has 0 aromatic carbocycles. The van der Waals surface area contributed by atoms with Gasteiger partial charge in [0.1, 0.15) is 0 Å². The van der Waals surface area contributed by atoms with Gasteiger partial charge in [0.15, 0.2) is 5.29 Å². The summed E-state index contributed by atoms with van der Waals surface area (Å²) in [5.74, 6) is 0. The lowest BCUT2D eigenvalue weighted by Crippen LogP contribution is -2.17. The van der Waals surface area contributed by atoms with Gasteiger partial charge in [0.2, 0.25) is 0 Å². The lowest BCUT2D eigenvalue weighted by Gasteiger charge is -2.06. The maximum atomic E-state index is 5.64. The van der Waals surface area contributed by atoms with Crippen LogP contribution in [-0.4, -0.2) is 12.3 Å². The molecule has 0 spiro atoms. The smallest absolute Gasteiger partial charge is 0.195 e. The molecule has 2 nitrogen and oxygen atoms in total. The second-order valence-electron chi connectivity index (χ2n) is 2.12. The Balaban J connectivity index is 4.23. The zero-order chi connectivity index (χ0) is 8.85. The Hall–Kier alpha value is -0.760. The topological polar surface area (TPSA) is 24.4 Å². The molecule has 0 aliphatic rings. The lowest BCUT2D eigenvalue weighted by atomic mass is 10.2. The van der Waals surface area contributed by atoms with E-state index in [1.54, 1.807) is 7.05 Å². The number of hydrogen-bond donors (Lipinski definition) is 1. The van der Waals surface area contributed by atoms with Gasteiger partial charge in [-0.05, 0) is 31.0 Å². The van der Waals surface area contributed by atoms with Crippen LogP contribution in [0, 0.1) is 0 Å². The highest BCUT2D eigenvalue weighted by molar-refractivity contribution is 6.64. The molecule has 62 valence electrons. The van der Waals surface area contributed by atoms with E-state index in [0.717, 1.165) is 11.3 Å². The van der Waals surface area contributed by atoms with Gasteiger partial charge < -0.3 is 5.32 Å². The van der Waals surface area contributed by atoms with Gasteiger partial charge in [-0.3, -0.25) is 4.99 Å². The van der Waals surface area contributed by atoms with Crippen molar-refractivity contribution in [3.8, 4) is 0 Å². The molecule has 0 atom stereocenters. The minimum absolute atomic E-state index is 0.376. The fraction of sp³-hybridized carbons (Fsp3) is 0.375. The number of nitrogens with zero attached hydrogens (tertiary/aromatic N) is 1. The van der Waals surface area contributed by atoms with E-state index < -0.39 is 0 Å². The molecule has 1 N–H and O–H groups in total. The Bertz CT molecular complexity index is 204. The number of allylic oxidation sites excluding steroid dienone is 2. The number of nitrogens with one attached hydrogen (secondary N) is 1. The molecule has 11 heavy (non-hydrogen) atoms. The van der Waals surface area contributed by atoms with Crippen LogP contribution in [-0.2, 0) is 0 Å². The highest BCUT2D eigenvalue weighted by Crippen LogP contribution is 2.02. The van der Waals surface area contributed by atoms with Crippen LogP contribution in [0.3, 0.4) is 0 Å². The first-order valence-corrected chi connectivity index (χ1v) is 3.71. The maximum absolute atomic E-state index is 5.64. The Kier molecular flexibility index (Phi) is 4.62. The monoisotopic (exact) mass is 172 g/mol. The molecule has 0 heterocycles. The second-order valence-corrected chi connectivity index (χ2v) is 2.48. The molecular formula is C8H13ClN2. The standard InChI is InChI=1S/C8H13ClN2/c1-5-7(6(2)3)11-8(9)10-4/h5H,2H2,1,3-4H3,(H,10,11)/b7-5-. The normalized spacial score (nSPS) is 13.1. The van der Waals surface area contributed by atoms with Crippen LogP contribution in [0.1, 0.15) is 13.8 Å². The summed E-state index contributed by atoms with van der Waals surface area (Å²) in [6, 6.07) is 0. The van der Waals surface area contributed by atoms with Gasteiger partial charge in [0.25, 0.3) is 0 Å². The second kappa shape index (κ2) is 4.97. The summed E-state index contributed by atoms with van der Waals surface area (Å²) in [6.07, 6.45) is 1.90. The van der Waals surface area contributed by atoms with E-state index in [1.165, 1.54) is 0 Å². The average Bonchev–Trinajstić information content (AvgIpc) is 1.99. The van der Waals surface area contributed by atoms with E-state index in [4.69, 9.17) is 11.6 Å². The molecule has 0 aromatic rings. The van der Waals surface area contributed by atoms with Crippen LogP contribution in [0.4, 0.5) is 0 Å². The van der Waals surface area contributed by atoms with Crippen LogP contribution in [0.2, 0.25) is 0 Å². The highest BCUT2D eigenvalue weighted by Gasteiger charge is 1.96. The third kappa shape index (κ3) is 3.83. The summed E-state index contributed by atoms with van der Waals surface area (Å²) in [6.45, 7) is 7.59. The van der Waals surface area contributed by atoms with Gasteiger partial charge in [-0.25, -0.2) is 0 Å². The zero-order valence-electron chi connectivity index (χ0n) is 7.11. The molecule has 0 aliphatic heterocycles. The predicted octanol–water partition coefficient (Wildman–Crippen LogP) is 2.28. The van der Waals surface area contributed by atoms with E-state index in [2.05, 4.69) is 16.9 Å². The van der Waals surface area contributed by atoms with Crippen molar-refractivity contribution in [3.05, 3.63) is 23.9 Å². The Morgan fingerprint density at radius 3 is 2.45 bits per heavy atom. The molecule has 0 unspecified atom stereocenters. The quantitative estimate of drug-likeness (QED) is 0.294. The van der Waals surface area contributed by atoms with Crippen LogP contribution in [0.25, 0.3) is 0 Å². The van der Waals surface area contributed by atoms with E-state index in [9.17, 15) is 0 Å². The minimum atomic E-state index is 0.376. The van der Waals surface area contributed by atoms with Gasteiger partial charge in [-0.15, -0.1) is 0 Å². The highest BCUT2D eigenvalue weighted by atomic mass is 35.5. The summed E-state index contributed by atoms with van der Waals surface area (Å²) in [5.41, 5.74) is 1.84. The van der Waals surface area contributed by atoms with E-state index in [-0.39, 0.29) is 0 Å². The number of aliphatic imine (C=N–C) groups is 1. The summed E-state index contributed by atoms with van der Waals surface area (Å²) < 4.78 is 0. The molecule has 0 fully saturated rings. The van der Waals surface area contributed by atoms with Gasteiger partial charge in [0.05, 0.1) is 0 Å². The molecule has 0 saturated carbocycles. The summed E-state index contributed by atoms with van der Waals surface area (Å²) in [4.78, 5) is 3.75. The molecule has 0 rings (SSSR count). The molecule has 3 heteroatoms. The molecule has 0 radical (unpaired) electrons. The number of halogens is 1. The number of rotatable bonds is 2. The van der Waals surface area contributed by atoms with Crippen molar-refractivity contribution >= 4 is 16.9 Å². The first-order valence-electron chi connectivity index (χ1n) is 3.33. The molecule has 0 aliphatic carbocycles. The molecule has 0 aromatic heterocycles. The van der Waals surface area contributed by atoms with Crippen LogP contribution in [0.5, 0.6) is 0 Å². The van der Waals surface area contributed by atoms with Crippen molar-refractivity contribution < 1.29 is 0 Å². The molecular weight excluding hydrogens is 160 g/mol. The van der Waals surface area contributed by atoms with Crippen molar-refractivity contribution in [3.63, 3.8) is 0 Å². The number of hydrogen-bond acceptors (Lipinski definition) is 1. The average molecular weight is 173 g/mol. The molecule has 0 bridgehead atoms. The third-order valence-electron chi connectivity index (χ3n) is 1.18. The first-order chi connectivity index (χ1) is 5.11. The summed E-state index contributed by atoms with van der Waals surface area (Å²) >= 11 is 5.64. The van der Waals surface area contributed by atoms with Crippen molar-refractivity contribution in [2.75, 3.05) is 7.05 Å². The van der Waals surface area contributed by atoms with Crippen molar-refractivity contribution in [2.45, 2.75) is 13.8 Å². The van der Waals surface area contributed by atoms with Crippen LogP contribution >= 0.6 is 11.6 Å². The fourth-order valence-electron chi connectivity index (χ4n) is 0.592. The van der Waals surface area contributed by atoms with Crippen LogP contribution < -0.4 is 5.32 Å². The summed E-state index contributed by atoms with van der Waals surface area (Å²) in [7, 11) is 1.63. The maximum Gasteiger partial charge on any atom is 0.195 e. The zero-order valence-corrected chi connectivity index (χ0v) is 7.87. The molecule has 0 saturated heterocycles. The van der Waals surface area contributed by atoms with E-state index in [1.807, 2.05) is 19.9 Å². The van der Waals surface area contributed by atoms with Crippen LogP contribution in [0.15, 0.2) is 28.9 Å². The fourth-order valence-corrected chi connectivity index (χ4v) is 0.694. The third-order valence-corrected chi connectivity index (χ3v) is 1.45. The SMILES string of the molecule is C=C(C)/C(=C/C)NC(Cl)=NC. The lowest BCUT2D eigenvalue weighted by molar-refractivity contribution is 1.12. The largest absolute Gasteiger partial charge is 0.331 e. The minimum Gasteiger partial charge on any atom is -0.331 e. The first kappa shape index (κ1) is 10.2. The van der Waals surface area contributed by atoms with Crippen molar-refractivity contribution in [1.82, 2.24) is 5.32 Å². The van der Waals surface area contributed by atoms with Gasteiger partial charge in [-0.2, -0.15) is 0 Å². The molecule has 0 amide bonds. The number of amidine groups is 1. The Morgan fingerprint density at radius 2 is 2.18 bits per heavy atom. The van der Waals surface area contributed by atoms with Crippen molar-refractivity contribution in [2.24, 2.45) is 4.99 Å². The Morgan fingerprint density at radius 1 is 1.64 bits per heavy atom. The van der Waals surface area contributed by atoms with Gasteiger partial charge in [-0.1, -0.05) is 12.7 Å². The van der Waals surface area contributed by atoms with Gasteiger partial charge in [0, 0.05) is 12.7 Å². The van der Waals surface area contributed by atoms with E-state index in [0.29, 0.717) is 5.29 Å². The van der Waals surface area contributed by atoms with E-state index >= 15 is 0 Å². The Labute approximate surface area is 72.7 Å². The van der Waals surface area contributed by atoms with Crippen molar-refractivity contribution in [1.29, 1.82) is 0 Å². The predicted molar refractivity (Wildman–Crippen MR) is 50.9 cm³/mol.